The van der Waals surface area contributed by atoms with Gasteiger partial charge in [0.1, 0.15) is 0 Å². The van der Waals surface area contributed by atoms with Crippen LogP contribution in [0.2, 0.25) is 0 Å². The zero-order valence-corrected chi connectivity index (χ0v) is 9.34. The van der Waals surface area contributed by atoms with Gasteiger partial charge in [0.05, 0.1) is 6.61 Å². The predicted octanol–water partition coefficient (Wildman–Crippen LogP) is 0.833. The van der Waals surface area contributed by atoms with Gasteiger partial charge in [0.25, 0.3) is 0 Å². The van der Waals surface area contributed by atoms with E-state index in [1.165, 1.54) is 32.2 Å². The van der Waals surface area contributed by atoms with Gasteiger partial charge in [-0.15, -0.1) is 0 Å². The average molecular weight is 200 g/mol. The standard InChI is InChI=1S/C11H24N2O/c1-2-6-12-7-4-9-13-8-3-5-11(13)10-14/h11-12,14H,2-10H2,1H3. The molecule has 1 fully saturated rings. The van der Waals surface area contributed by atoms with Crippen molar-refractivity contribution in [1.29, 1.82) is 0 Å². The van der Waals surface area contributed by atoms with Gasteiger partial charge in [-0.05, 0) is 51.9 Å². The molecule has 1 atom stereocenters. The summed E-state index contributed by atoms with van der Waals surface area (Å²) in [5.41, 5.74) is 0. The molecule has 0 bridgehead atoms. The molecule has 0 saturated carbocycles. The number of hydrogen-bond acceptors (Lipinski definition) is 3. The van der Waals surface area contributed by atoms with Gasteiger partial charge in [-0.2, -0.15) is 0 Å². The molecule has 1 rings (SSSR count). The number of nitrogens with one attached hydrogen (secondary N) is 1. The number of nitrogens with zero attached hydrogens (tertiary/aromatic N) is 1. The average Bonchev–Trinajstić information content (AvgIpc) is 2.65. The molecule has 1 saturated heterocycles. The highest BCUT2D eigenvalue weighted by Gasteiger charge is 2.22. The minimum atomic E-state index is 0.336. The maximum atomic E-state index is 9.12. The Labute approximate surface area is 87.5 Å². The molecular weight excluding hydrogens is 176 g/mol. The number of rotatable bonds is 7. The minimum absolute atomic E-state index is 0.336. The van der Waals surface area contributed by atoms with Gasteiger partial charge in [0, 0.05) is 6.04 Å². The van der Waals surface area contributed by atoms with Crippen LogP contribution in [0.4, 0.5) is 0 Å². The molecule has 2 N–H and O–H groups in total. The summed E-state index contributed by atoms with van der Waals surface area (Å²) in [6.07, 6.45) is 4.85. The summed E-state index contributed by atoms with van der Waals surface area (Å²) in [4.78, 5) is 2.42. The Balaban J connectivity index is 2.00. The Hall–Kier alpha value is -0.120. The van der Waals surface area contributed by atoms with E-state index in [-0.39, 0.29) is 0 Å². The molecule has 1 heterocycles. The third-order valence-corrected chi connectivity index (χ3v) is 2.94. The largest absolute Gasteiger partial charge is 0.395 e. The van der Waals surface area contributed by atoms with Gasteiger partial charge in [-0.1, -0.05) is 6.92 Å². The lowest BCUT2D eigenvalue weighted by molar-refractivity contribution is 0.157. The number of aliphatic hydroxyl groups excluding tert-OH is 1. The van der Waals surface area contributed by atoms with Gasteiger partial charge in [0.2, 0.25) is 0 Å². The van der Waals surface area contributed by atoms with E-state index in [9.17, 15) is 0 Å². The second-order valence-corrected chi connectivity index (χ2v) is 4.12. The maximum absolute atomic E-state index is 9.12. The molecule has 1 aliphatic rings. The molecule has 0 aromatic carbocycles. The summed E-state index contributed by atoms with van der Waals surface area (Å²) in [6.45, 7) is 7.09. The molecule has 1 unspecified atom stereocenters. The van der Waals surface area contributed by atoms with Crippen LogP contribution in [-0.2, 0) is 0 Å². The molecular formula is C11H24N2O. The van der Waals surface area contributed by atoms with E-state index in [1.54, 1.807) is 0 Å². The van der Waals surface area contributed by atoms with E-state index < -0.39 is 0 Å². The van der Waals surface area contributed by atoms with Crippen molar-refractivity contribution in [2.24, 2.45) is 0 Å². The second kappa shape index (κ2) is 7.21. The normalized spacial score (nSPS) is 23.1. The molecule has 0 aliphatic carbocycles. The lowest BCUT2D eigenvalue weighted by Crippen LogP contribution is -2.34. The highest BCUT2D eigenvalue weighted by atomic mass is 16.3. The summed E-state index contributed by atoms with van der Waals surface area (Å²) >= 11 is 0. The molecule has 0 spiro atoms. The van der Waals surface area contributed by atoms with E-state index in [0.29, 0.717) is 12.6 Å². The van der Waals surface area contributed by atoms with E-state index in [1.807, 2.05) is 0 Å². The van der Waals surface area contributed by atoms with Gasteiger partial charge >= 0.3 is 0 Å². The Bertz CT molecular complexity index is 141. The van der Waals surface area contributed by atoms with Crippen molar-refractivity contribution in [2.45, 2.75) is 38.6 Å². The van der Waals surface area contributed by atoms with Crippen LogP contribution < -0.4 is 5.32 Å². The summed E-state index contributed by atoms with van der Waals surface area (Å²) in [7, 11) is 0. The van der Waals surface area contributed by atoms with Crippen LogP contribution in [-0.4, -0.2) is 48.8 Å². The number of likely N-dealkylation sites (tertiary alicyclic amines) is 1. The summed E-state index contributed by atoms with van der Waals surface area (Å²) in [6, 6.07) is 0.446. The van der Waals surface area contributed by atoms with Crippen molar-refractivity contribution >= 4 is 0 Å². The van der Waals surface area contributed by atoms with Crippen molar-refractivity contribution in [3.63, 3.8) is 0 Å². The predicted molar refractivity (Wildman–Crippen MR) is 59.5 cm³/mol. The van der Waals surface area contributed by atoms with Crippen LogP contribution >= 0.6 is 0 Å². The van der Waals surface area contributed by atoms with Crippen molar-refractivity contribution in [3.8, 4) is 0 Å². The molecule has 14 heavy (non-hydrogen) atoms. The Kier molecular flexibility index (Phi) is 6.15. The Morgan fingerprint density at radius 3 is 3.00 bits per heavy atom. The first-order chi connectivity index (χ1) is 6.88. The third kappa shape index (κ3) is 3.95. The van der Waals surface area contributed by atoms with Crippen LogP contribution in [0.1, 0.15) is 32.6 Å². The van der Waals surface area contributed by atoms with Crippen molar-refractivity contribution < 1.29 is 5.11 Å². The lowest BCUT2D eigenvalue weighted by atomic mass is 10.2. The fourth-order valence-electron chi connectivity index (χ4n) is 2.11. The summed E-state index contributed by atoms with van der Waals surface area (Å²) in [5.74, 6) is 0. The number of hydrogen-bond donors (Lipinski definition) is 2. The van der Waals surface area contributed by atoms with E-state index >= 15 is 0 Å². The molecule has 0 radical (unpaired) electrons. The smallest absolute Gasteiger partial charge is 0.0586 e. The van der Waals surface area contributed by atoms with Crippen molar-refractivity contribution in [3.05, 3.63) is 0 Å². The van der Waals surface area contributed by atoms with Gasteiger partial charge in [0.15, 0.2) is 0 Å². The van der Waals surface area contributed by atoms with Crippen molar-refractivity contribution in [2.75, 3.05) is 32.8 Å². The molecule has 0 aromatic heterocycles. The molecule has 3 nitrogen and oxygen atoms in total. The van der Waals surface area contributed by atoms with Gasteiger partial charge in [-0.3, -0.25) is 4.90 Å². The first-order valence-electron chi connectivity index (χ1n) is 5.94. The minimum Gasteiger partial charge on any atom is -0.395 e. The molecule has 84 valence electrons. The molecule has 0 amide bonds. The van der Waals surface area contributed by atoms with E-state index in [0.717, 1.165) is 19.6 Å². The van der Waals surface area contributed by atoms with Gasteiger partial charge < -0.3 is 10.4 Å². The monoisotopic (exact) mass is 200 g/mol. The lowest BCUT2D eigenvalue weighted by Gasteiger charge is -2.22. The second-order valence-electron chi connectivity index (χ2n) is 4.12. The van der Waals surface area contributed by atoms with Crippen molar-refractivity contribution in [1.82, 2.24) is 10.2 Å². The summed E-state index contributed by atoms with van der Waals surface area (Å²) in [5, 5.41) is 12.5. The summed E-state index contributed by atoms with van der Waals surface area (Å²) < 4.78 is 0. The highest BCUT2D eigenvalue weighted by molar-refractivity contribution is 4.78. The van der Waals surface area contributed by atoms with Crippen LogP contribution in [0.25, 0.3) is 0 Å². The third-order valence-electron chi connectivity index (χ3n) is 2.94. The fourth-order valence-corrected chi connectivity index (χ4v) is 2.11. The van der Waals surface area contributed by atoms with E-state index in [2.05, 4.69) is 17.1 Å². The van der Waals surface area contributed by atoms with E-state index in [4.69, 9.17) is 5.11 Å². The zero-order chi connectivity index (χ0) is 10.2. The van der Waals surface area contributed by atoms with Crippen LogP contribution in [0.5, 0.6) is 0 Å². The topological polar surface area (TPSA) is 35.5 Å². The molecule has 1 aliphatic heterocycles. The van der Waals surface area contributed by atoms with Crippen LogP contribution in [0.3, 0.4) is 0 Å². The maximum Gasteiger partial charge on any atom is 0.0586 e. The van der Waals surface area contributed by atoms with Gasteiger partial charge in [-0.25, -0.2) is 0 Å². The van der Waals surface area contributed by atoms with Crippen LogP contribution in [0.15, 0.2) is 0 Å². The highest BCUT2D eigenvalue weighted by Crippen LogP contribution is 2.16. The Morgan fingerprint density at radius 2 is 2.29 bits per heavy atom. The van der Waals surface area contributed by atoms with Crippen LogP contribution in [0, 0.1) is 0 Å². The Morgan fingerprint density at radius 1 is 1.43 bits per heavy atom. The SMILES string of the molecule is CCCNCCCN1CCCC1CO. The zero-order valence-electron chi connectivity index (χ0n) is 9.34. The molecule has 3 heteroatoms. The molecule has 0 aromatic rings. The first-order valence-corrected chi connectivity index (χ1v) is 5.94. The first kappa shape index (κ1) is 12.0. The fraction of sp³-hybridized carbons (Fsp3) is 1.00. The quantitative estimate of drug-likeness (QED) is 0.598. The number of aliphatic hydroxyl groups is 1.